The summed E-state index contributed by atoms with van der Waals surface area (Å²) in [5.74, 6) is 1.30. The van der Waals surface area contributed by atoms with E-state index in [9.17, 15) is 9.59 Å². The highest BCUT2D eigenvalue weighted by Crippen LogP contribution is 2.40. The Morgan fingerprint density at radius 2 is 1.63 bits per heavy atom. The SMILES string of the molecule is CCOC(=O)c1c(CCCOc2cccc3ccccc23)c2cccc3c2n1CCCCOCc1c-3c(COc2ccc(N3CCN(C(=O)COC)CC3)cc2)nn1C. The Bertz CT molecular complexity index is 2410. The molecule has 0 N–H and O–H groups in total. The minimum absolute atomic E-state index is 0.0233. The molecular formula is C47H53N5O7. The van der Waals surface area contributed by atoms with Crippen LogP contribution in [-0.4, -0.2) is 90.8 Å². The zero-order valence-electron chi connectivity index (χ0n) is 34.3. The van der Waals surface area contributed by atoms with Crippen LogP contribution in [0.5, 0.6) is 11.5 Å². The molecular weight excluding hydrogens is 747 g/mol. The molecule has 0 spiro atoms. The van der Waals surface area contributed by atoms with Crippen LogP contribution >= 0.6 is 0 Å². The maximum Gasteiger partial charge on any atom is 0.355 e. The van der Waals surface area contributed by atoms with Gasteiger partial charge < -0.3 is 38.1 Å². The number of piperazine rings is 1. The number of carbonyl (C=O) groups is 2. The number of amides is 1. The van der Waals surface area contributed by atoms with Crippen molar-refractivity contribution in [2.75, 3.05) is 64.6 Å². The second kappa shape index (κ2) is 18.4. The number of aryl methyl sites for hydroxylation is 3. The molecule has 0 aliphatic carbocycles. The molecule has 0 atom stereocenters. The number of aromatic nitrogens is 3. The van der Waals surface area contributed by atoms with Crippen molar-refractivity contribution in [3.05, 3.63) is 108 Å². The van der Waals surface area contributed by atoms with Gasteiger partial charge in [-0.1, -0.05) is 54.6 Å². The van der Waals surface area contributed by atoms with Gasteiger partial charge >= 0.3 is 5.97 Å². The first kappa shape index (κ1) is 40.0. The Kier molecular flexibility index (Phi) is 12.4. The summed E-state index contributed by atoms with van der Waals surface area (Å²) in [7, 11) is 3.50. The molecule has 0 bridgehead atoms. The molecule has 1 fully saturated rings. The van der Waals surface area contributed by atoms with Gasteiger partial charge in [0.15, 0.2) is 0 Å². The number of carbonyl (C=O) groups excluding carboxylic acids is 2. The third-order valence-corrected chi connectivity index (χ3v) is 11.4. The number of anilines is 1. The van der Waals surface area contributed by atoms with Crippen LogP contribution in [-0.2, 0) is 52.2 Å². The van der Waals surface area contributed by atoms with Crippen LogP contribution < -0.4 is 14.4 Å². The zero-order chi connectivity index (χ0) is 40.7. The second-order valence-corrected chi connectivity index (χ2v) is 15.1. The number of rotatable bonds is 13. The molecule has 2 aromatic heterocycles. The smallest absolute Gasteiger partial charge is 0.355 e. The fourth-order valence-electron chi connectivity index (χ4n) is 8.52. The summed E-state index contributed by atoms with van der Waals surface area (Å²) in [6.45, 7) is 7.45. The zero-order valence-corrected chi connectivity index (χ0v) is 34.3. The van der Waals surface area contributed by atoms with Crippen molar-refractivity contribution < 1.29 is 33.3 Å². The lowest BCUT2D eigenvalue weighted by atomic mass is 9.98. The predicted octanol–water partition coefficient (Wildman–Crippen LogP) is 7.57. The van der Waals surface area contributed by atoms with Crippen LogP contribution in [0.3, 0.4) is 0 Å². The quantitative estimate of drug-likeness (QED) is 0.0864. The lowest BCUT2D eigenvalue weighted by Crippen LogP contribution is -2.49. The maximum atomic E-state index is 14.0. The van der Waals surface area contributed by atoms with E-state index >= 15 is 0 Å². The monoisotopic (exact) mass is 799 g/mol. The highest BCUT2D eigenvalue weighted by atomic mass is 16.5. The van der Waals surface area contributed by atoms with Gasteiger partial charge in [0, 0.05) is 81.1 Å². The fourth-order valence-corrected chi connectivity index (χ4v) is 8.52. The van der Waals surface area contributed by atoms with Crippen LogP contribution in [0, 0.1) is 0 Å². The van der Waals surface area contributed by atoms with Crippen molar-refractivity contribution in [1.29, 1.82) is 0 Å². The van der Waals surface area contributed by atoms with Crippen LogP contribution in [0.4, 0.5) is 5.69 Å². The molecule has 1 saturated heterocycles. The van der Waals surface area contributed by atoms with E-state index < -0.39 is 0 Å². The van der Waals surface area contributed by atoms with Crippen LogP contribution in [0.25, 0.3) is 32.8 Å². The number of esters is 1. The standard InChI is InChI=1S/C47H53N5O7/c1-4-57-47(54)46-38(17-11-29-58-42-18-9-13-33-12-5-6-14-36(33)42)37-15-10-16-39-44-40(48-49(2)41(44)31-56-28-8-7-23-52(46)45(37)39)30-59-35-21-19-34(20-22-35)50-24-26-51(27-25-50)43(53)32-55-3/h5-6,9-10,12-16,18-22H,4,7-8,11,17,23-32H2,1-3H3. The number of methoxy groups -OCH3 is 1. The highest BCUT2D eigenvalue weighted by molar-refractivity contribution is 6.05. The summed E-state index contributed by atoms with van der Waals surface area (Å²) in [5.41, 5.74) is 7.33. The Morgan fingerprint density at radius 3 is 2.44 bits per heavy atom. The van der Waals surface area contributed by atoms with Gasteiger partial charge in [-0.3, -0.25) is 9.48 Å². The predicted molar refractivity (Wildman–Crippen MR) is 228 cm³/mol. The lowest BCUT2D eigenvalue weighted by molar-refractivity contribution is -0.135. The van der Waals surface area contributed by atoms with Gasteiger partial charge in [0.2, 0.25) is 5.91 Å². The molecule has 6 aromatic rings. The Morgan fingerprint density at radius 1 is 0.847 bits per heavy atom. The lowest BCUT2D eigenvalue weighted by Gasteiger charge is -2.36. The molecule has 1 amide bonds. The summed E-state index contributed by atoms with van der Waals surface area (Å²) in [4.78, 5) is 30.4. The summed E-state index contributed by atoms with van der Waals surface area (Å²) in [6, 6.07) is 28.8. The number of hydrogen-bond acceptors (Lipinski definition) is 9. The van der Waals surface area contributed by atoms with Crippen molar-refractivity contribution in [2.45, 2.75) is 52.4 Å². The van der Waals surface area contributed by atoms with Gasteiger partial charge in [0.25, 0.3) is 0 Å². The van der Waals surface area contributed by atoms with Crippen molar-refractivity contribution in [3.8, 4) is 22.6 Å². The summed E-state index contributed by atoms with van der Waals surface area (Å²) >= 11 is 0. The van der Waals surface area contributed by atoms with E-state index in [0.717, 1.165) is 92.9 Å². The summed E-state index contributed by atoms with van der Waals surface area (Å²) in [6.07, 6.45) is 3.05. The van der Waals surface area contributed by atoms with E-state index in [-0.39, 0.29) is 31.7 Å². The largest absolute Gasteiger partial charge is 0.493 e. The molecule has 2 aliphatic heterocycles. The van der Waals surface area contributed by atoms with Crippen molar-refractivity contribution >= 4 is 39.2 Å². The van der Waals surface area contributed by atoms with E-state index in [2.05, 4.69) is 58.0 Å². The van der Waals surface area contributed by atoms with Crippen LogP contribution in [0.15, 0.2) is 84.9 Å². The first-order valence-electron chi connectivity index (χ1n) is 20.7. The molecule has 0 radical (unpaired) electrons. The molecule has 59 heavy (non-hydrogen) atoms. The summed E-state index contributed by atoms with van der Waals surface area (Å²) < 4.78 is 33.9. The Hall–Kier alpha value is -5.85. The van der Waals surface area contributed by atoms with E-state index in [4.69, 9.17) is 28.8 Å². The number of hydrogen-bond donors (Lipinski definition) is 0. The van der Waals surface area contributed by atoms with E-state index in [1.54, 1.807) is 7.11 Å². The molecule has 8 rings (SSSR count). The average Bonchev–Trinajstić information content (AvgIpc) is 3.74. The molecule has 2 aliphatic rings. The second-order valence-electron chi connectivity index (χ2n) is 15.1. The molecule has 308 valence electrons. The molecule has 12 nitrogen and oxygen atoms in total. The molecule has 4 aromatic carbocycles. The van der Waals surface area contributed by atoms with Gasteiger partial charge in [-0.25, -0.2) is 4.79 Å². The first-order valence-corrected chi connectivity index (χ1v) is 20.7. The Labute approximate surface area is 345 Å². The van der Waals surface area contributed by atoms with Gasteiger partial charge in [0.1, 0.15) is 36.1 Å². The van der Waals surface area contributed by atoms with Crippen LogP contribution in [0.1, 0.15) is 53.6 Å². The maximum absolute atomic E-state index is 14.0. The Balaban J connectivity index is 1.08. The van der Waals surface area contributed by atoms with Crippen molar-refractivity contribution in [1.82, 2.24) is 19.2 Å². The number of ether oxygens (including phenoxy) is 5. The van der Waals surface area contributed by atoms with E-state index in [1.807, 2.05) is 60.0 Å². The number of benzene rings is 4. The number of nitrogens with zero attached hydrogens (tertiary/aromatic N) is 5. The van der Waals surface area contributed by atoms with Crippen molar-refractivity contribution in [3.63, 3.8) is 0 Å². The fraction of sp³-hybridized carbons (Fsp3) is 0.383. The van der Waals surface area contributed by atoms with E-state index in [0.29, 0.717) is 58.0 Å². The van der Waals surface area contributed by atoms with E-state index in [1.165, 1.54) is 0 Å². The summed E-state index contributed by atoms with van der Waals surface area (Å²) in [5, 5.41) is 8.26. The van der Waals surface area contributed by atoms with Crippen LogP contribution in [0.2, 0.25) is 0 Å². The first-order chi connectivity index (χ1) is 28.9. The molecule has 4 heterocycles. The van der Waals surface area contributed by atoms with Gasteiger partial charge in [-0.2, -0.15) is 5.10 Å². The van der Waals surface area contributed by atoms with Gasteiger partial charge in [-0.15, -0.1) is 0 Å². The highest BCUT2D eigenvalue weighted by Gasteiger charge is 2.29. The molecule has 0 unspecified atom stereocenters. The third-order valence-electron chi connectivity index (χ3n) is 11.4. The minimum Gasteiger partial charge on any atom is -0.493 e. The number of fused-ring (bicyclic) bond motifs is 3. The van der Waals surface area contributed by atoms with Crippen molar-refractivity contribution in [2.24, 2.45) is 7.05 Å². The van der Waals surface area contributed by atoms with Gasteiger partial charge in [0.05, 0.1) is 31.0 Å². The number of para-hydroxylation sites is 1. The molecule has 12 heteroatoms. The molecule has 0 saturated carbocycles. The van der Waals surface area contributed by atoms with Gasteiger partial charge in [-0.05, 0) is 73.9 Å². The minimum atomic E-state index is -0.314. The topological polar surface area (TPSA) is 110 Å². The third kappa shape index (κ3) is 8.51. The normalized spacial score (nSPS) is 14.6. The average molecular weight is 800 g/mol.